The quantitative estimate of drug-likeness (QED) is 0.447. The number of anilines is 1. The molecule has 3 rings (SSSR count). The van der Waals surface area contributed by atoms with E-state index in [4.69, 9.17) is 23.2 Å². The van der Waals surface area contributed by atoms with E-state index < -0.39 is 28.5 Å². The Morgan fingerprint density at radius 2 is 1.61 bits per heavy atom. The van der Waals surface area contributed by atoms with Crippen LogP contribution in [0.1, 0.15) is 51.0 Å². The van der Waals surface area contributed by atoms with E-state index in [0.29, 0.717) is 27.7 Å². The van der Waals surface area contributed by atoms with Crippen molar-refractivity contribution < 1.29 is 18.0 Å². The minimum Gasteiger partial charge on any atom is -0.352 e. The summed E-state index contributed by atoms with van der Waals surface area (Å²) in [6, 6.07) is 12.7. The maximum Gasteiger partial charge on any atom is 0.244 e. The predicted octanol–water partition coefficient (Wildman–Crippen LogP) is 5.02. The number of hydrogen-bond donors (Lipinski definition) is 1. The Labute approximate surface area is 223 Å². The van der Waals surface area contributed by atoms with Crippen molar-refractivity contribution in [3.63, 3.8) is 0 Å². The first-order valence-corrected chi connectivity index (χ1v) is 14.8. The van der Waals surface area contributed by atoms with Gasteiger partial charge in [-0.1, -0.05) is 73.7 Å². The van der Waals surface area contributed by atoms with Gasteiger partial charge in [0.05, 0.1) is 11.9 Å². The number of hydrogen-bond acceptors (Lipinski definition) is 4. The summed E-state index contributed by atoms with van der Waals surface area (Å²) in [6.07, 6.45) is 6.47. The lowest BCUT2D eigenvalue weighted by molar-refractivity contribution is -0.140. The summed E-state index contributed by atoms with van der Waals surface area (Å²) in [7, 11) is -3.78. The van der Waals surface area contributed by atoms with Gasteiger partial charge in [-0.15, -0.1) is 0 Å². The van der Waals surface area contributed by atoms with Crippen LogP contribution in [0, 0.1) is 0 Å². The van der Waals surface area contributed by atoms with Gasteiger partial charge in [-0.25, -0.2) is 8.42 Å². The van der Waals surface area contributed by atoms with Crippen LogP contribution in [0.5, 0.6) is 0 Å². The van der Waals surface area contributed by atoms with E-state index in [9.17, 15) is 18.0 Å². The second-order valence-corrected chi connectivity index (χ2v) is 11.8. The first-order valence-electron chi connectivity index (χ1n) is 12.2. The Hall–Kier alpha value is -2.29. The normalized spacial score (nSPS) is 15.2. The summed E-state index contributed by atoms with van der Waals surface area (Å²) in [6.45, 7) is 1.34. The topological polar surface area (TPSA) is 86.8 Å². The first kappa shape index (κ1) is 28.3. The lowest BCUT2D eigenvalue weighted by Crippen LogP contribution is -2.54. The fraction of sp³-hybridized carbons (Fsp3) is 0.462. The molecule has 0 aromatic heterocycles. The zero-order chi connectivity index (χ0) is 26.3. The summed E-state index contributed by atoms with van der Waals surface area (Å²) in [5.74, 6) is -0.780. The van der Waals surface area contributed by atoms with Crippen molar-refractivity contribution in [2.45, 2.75) is 64.1 Å². The number of carbonyl (C=O) groups is 2. The molecule has 1 fully saturated rings. The van der Waals surface area contributed by atoms with Crippen molar-refractivity contribution in [1.82, 2.24) is 10.2 Å². The van der Waals surface area contributed by atoms with Gasteiger partial charge >= 0.3 is 0 Å². The standard InChI is InChI=1S/C26H33Cl2N3O4S/c1-3-24(26(33)29-19-11-6-4-7-12-19)30(17-21-22(27)15-10-16-23(21)28)25(32)18-31(36(2,34)35)20-13-8-5-9-14-20/h5,8-10,13-16,19,24H,3-4,6-7,11-12,17-18H2,1-2H3,(H,29,33). The number of sulfonamides is 1. The summed E-state index contributed by atoms with van der Waals surface area (Å²) in [5.41, 5.74) is 0.868. The maximum atomic E-state index is 13.8. The smallest absolute Gasteiger partial charge is 0.244 e. The minimum absolute atomic E-state index is 0.0275. The predicted molar refractivity (Wildman–Crippen MR) is 145 cm³/mol. The molecule has 0 spiro atoms. The number of rotatable bonds is 10. The molecule has 2 amide bonds. The largest absolute Gasteiger partial charge is 0.352 e. The monoisotopic (exact) mass is 553 g/mol. The molecule has 1 atom stereocenters. The van der Waals surface area contributed by atoms with Gasteiger partial charge in [0.1, 0.15) is 12.6 Å². The van der Waals surface area contributed by atoms with E-state index in [-0.39, 0.29) is 18.5 Å². The van der Waals surface area contributed by atoms with Crippen LogP contribution in [0.2, 0.25) is 10.0 Å². The second-order valence-electron chi connectivity index (χ2n) is 9.09. The first-order chi connectivity index (χ1) is 17.1. The Bertz CT molecular complexity index is 1130. The summed E-state index contributed by atoms with van der Waals surface area (Å²) >= 11 is 12.8. The van der Waals surface area contributed by atoms with Crippen molar-refractivity contribution in [2.75, 3.05) is 17.1 Å². The highest BCUT2D eigenvalue weighted by atomic mass is 35.5. The summed E-state index contributed by atoms with van der Waals surface area (Å²) in [5, 5.41) is 3.84. The summed E-state index contributed by atoms with van der Waals surface area (Å²) < 4.78 is 26.3. The molecule has 7 nitrogen and oxygen atoms in total. The van der Waals surface area contributed by atoms with Crippen molar-refractivity contribution in [1.29, 1.82) is 0 Å². The molecule has 1 unspecified atom stereocenters. The molecule has 0 aliphatic heterocycles. The average Bonchev–Trinajstić information content (AvgIpc) is 2.84. The number of halogens is 2. The van der Waals surface area contributed by atoms with Crippen molar-refractivity contribution in [3.8, 4) is 0 Å². The SMILES string of the molecule is CCC(C(=O)NC1CCCCC1)N(Cc1c(Cl)cccc1Cl)C(=O)CN(c1ccccc1)S(C)(=O)=O. The van der Waals surface area contributed by atoms with Gasteiger partial charge in [-0.3, -0.25) is 13.9 Å². The lowest BCUT2D eigenvalue weighted by atomic mass is 9.95. The molecule has 1 saturated carbocycles. The third-order valence-corrected chi connectivity index (χ3v) is 8.30. The maximum absolute atomic E-state index is 13.8. The molecule has 1 N–H and O–H groups in total. The molecule has 0 radical (unpaired) electrons. The van der Waals surface area contributed by atoms with Gasteiger partial charge in [0.15, 0.2) is 0 Å². The average molecular weight is 555 g/mol. The number of nitrogens with zero attached hydrogens (tertiary/aromatic N) is 2. The van der Waals surface area contributed by atoms with Crippen molar-refractivity contribution in [2.24, 2.45) is 0 Å². The third kappa shape index (κ3) is 7.37. The van der Waals surface area contributed by atoms with Crippen LogP contribution in [0.25, 0.3) is 0 Å². The Kier molecular flexibility index (Phi) is 10.0. The fourth-order valence-electron chi connectivity index (χ4n) is 4.53. The Balaban J connectivity index is 1.94. The zero-order valence-electron chi connectivity index (χ0n) is 20.6. The number of amides is 2. The van der Waals surface area contributed by atoms with Gasteiger partial charge < -0.3 is 10.2 Å². The number of benzene rings is 2. The highest BCUT2D eigenvalue weighted by Gasteiger charge is 2.33. The van der Waals surface area contributed by atoms with Crippen LogP contribution in [-0.2, 0) is 26.2 Å². The van der Waals surface area contributed by atoms with Gasteiger partial charge in [0.25, 0.3) is 0 Å². The molecule has 0 bridgehead atoms. The molecule has 196 valence electrons. The van der Waals surface area contributed by atoms with E-state index >= 15 is 0 Å². The van der Waals surface area contributed by atoms with Gasteiger partial charge in [0, 0.05) is 28.2 Å². The van der Waals surface area contributed by atoms with Crippen LogP contribution >= 0.6 is 23.2 Å². The van der Waals surface area contributed by atoms with E-state index in [1.807, 2.05) is 6.92 Å². The molecular formula is C26H33Cl2N3O4S. The van der Waals surface area contributed by atoms with Crippen LogP contribution in [0.15, 0.2) is 48.5 Å². The van der Waals surface area contributed by atoms with Crippen LogP contribution in [0.3, 0.4) is 0 Å². The Morgan fingerprint density at radius 3 is 2.17 bits per heavy atom. The second kappa shape index (κ2) is 12.8. The van der Waals surface area contributed by atoms with Crippen LogP contribution in [0.4, 0.5) is 5.69 Å². The van der Waals surface area contributed by atoms with Gasteiger partial charge in [0.2, 0.25) is 21.8 Å². The van der Waals surface area contributed by atoms with Gasteiger partial charge in [-0.2, -0.15) is 0 Å². The molecule has 10 heteroatoms. The van der Waals surface area contributed by atoms with Crippen molar-refractivity contribution >= 4 is 50.7 Å². The molecule has 0 saturated heterocycles. The van der Waals surface area contributed by atoms with E-state index in [2.05, 4.69) is 5.32 Å². The van der Waals surface area contributed by atoms with E-state index in [1.54, 1.807) is 48.5 Å². The van der Waals surface area contributed by atoms with E-state index in [0.717, 1.165) is 42.7 Å². The van der Waals surface area contributed by atoms with E-state index in [1.165, 1.54) is 4.90 Å². The number of para-hydroxylation sites is 1. The molecule has 2 aromatic carbocycles. The fourth-order valence-corrected chi connectivity index (χ4v) is 5.89. The molecule has 2 aromatic rings. The molecule has 0 heterocycles. The van der Waals surface area contributed by atoms with Crippen molar-refractivity contribution in [3.05, 3.63) is 64.1 Å². The Morgan fingerprint density at radius 1 is 1.00 bits per heavy atom. The van der Waals surface area contributed by atoms with Crippen LogP contribution in [-0.4, -0.2) is 50.0 Å². The zero-order valence-corrected chi connectivity index (χ0v) is 23.0. The van der Waals surface area contributed by atoms with Crippen LogP contribution < -0.4 is 9.62 Å². The minimum atomic E-state index is -3.78. The highest BCUT2D eigenvalue weighted by Crippen LogP contribution is 2.28. The highest BCUT2D eigenvalue weighted by molar-refractivity contribution is 7.92. The molecular weight excluding hydrogens is 521 g/mol. The number of carbonyl (C=O) groups excluding carboxylic acids is 2. The van der Waals surface area contributed by atoms with Gasteiger partial charge in [-0.05, 0) is 43.5 Å². The third-order valence-electron chi connectivity index (χ3n) is 6.45. The molecule has 1 aliphatic carbocycles. The molecule has 1 aliphatic rings. The number of nitrogens with one attached hydrogen (secondary N) is 1. The molecule has 36 heavy (non-hydrogen) atoms. The lowest BCUT2D eigenvalue weighted by Gasteiger charge is -2.34. The summed E-state index contributed by atoms with van der Waals surface area (Å²) in [4.78, 5) is 28.5.